The molecule has 7 nitrogen and oxygen atoms in total. The van der Waals surface area contributed by atoms with E-state index in [1.165, 1.54) is 30.2 Å². The third-order valence-electron chi connectivity index (χ3n) is 4.41. The Morgan fingerprint density at radius 1 is 1.34 bits per heavy atom. The Bertz CT molecular complexity index is 1060. The van der Waals surface area contributed by atoms with E-state index in [4.69, 9.17) is 16.3 Å². The number of amides is 1. The smallest absolute Gasteiger partial charge is 0.341 e. The lowest BCUT2D eigenvalue weighted by molar-refractivity contribution is -0.113. The summed E-state index contributed by atoms with van der Waals surface area (Å²) in [4.78, 5) is 24.9. The lowest BCUT2D eigenvalue weighted by Gasteiger charge is -2.09. The number of nitrogens with one attached hydrogen (secondary N) is 1. The van der Waals surface area contributed by atoms with Crippen molar-refractivity contribution < 1.29 is 14.3 Å². The summed E-state index contributed by atoms with van der Waals surface area (Å²) in [6.07, 6.45) is 3.92. The van der Waals surface area contributed by atoms with Gasteiger partial charge in [0, 0.05) is 27.6 Å². The van der Waals surface area contributed by atoms with Crippen molar-refractivity contribution in [2.75, 3.05) is 18.2 Å². The molecule has 2 aromatic heterocycles. The van der Waals surface area contributed by atoms with Crippen molar-refractivity contribution in [3.8, 4) is 11.1 Å². The van der Waals surface area contributed by atoms with Gasteiger partial charge in [0.1, 0.15) is 16.9 Å². The number of hydrogen-bond donors (Lipinski definition) is 1. The zero-order valence-electron chi connectivity index (χ0n) is 15.4. The highest BCUT2D eigenvalue weighted by molar-refractivity contribution is 7.99. The van der Waals surface area contributed by atoms with Crippen LogP contribution in [0.4, 0.5) is 5.00 Å². The maximum Gasteiger partial charge on any atom is 0.341 e. The number of nitrogens with zero attached hydrogens (tertiary/aromatic N) is 3. The van der Waals surface area contributed by atoms with Crippen molar-refractivity contribution in [1.29, 1.82) is 0 Å². The molecule has 0 bridgehead atoms. The number of thioether (sulfide) groups is 1. The van der Waals surface area contributed by atoms with Crippen LogP contribution in [0.1, 0.15) is 29.2 Å². The van der Waals surface area contributed by atoms with Gasteiger partial charge >= 0.3 is 5.97 Å². The van der Waals surface area contributed by atoms with Crippen LogP contribution in [-0.2, 0) is 9.53 Å². The number of benzene rings is 1. The Morgan fingerprint density at radius 2 is 2.14 bits per heavy atom. The number of aromatic nitrogens is 3. The minimum atomic E-state index is -0.530. The predicted octanol–water partition coefficient (Wildman–Crippen LogP) is 4.51. The second-order valence-corrected chi connectivity index (χ2v) is 8.64. The number of carbonyl (C=O) groups is 2. The van der Waals surface area contributed by atoms with Gasteiger partial charge in [-0.2, -0.15) is 0 Å². The fourth-order valence-electron chi connectivity index (χ4n) is 2.86. The number of esters is 1. The van der Waals surface area contributed by atoms with E-state index in [0.29, 0.717) is 32.8 Å². The first-order chi connectivity index (χ1) is 14.1. The van der Waals surface area contributed by atoms with Crippen molar-refractivity contribution in [3.63, 3.8) is 0 Å². The summed E-state index contributed by atoms with van der Waals surface area (Å²) in [7, 11) is 1.31. The van der Waals surface area contributed by atoms with Gasteiger partial charge in [0.15, 0.2) is 5.16 Å². The molecule has 0 atom stereocenters. The summed E-state index contributed by atoms with van der Waals surface area (Å²) in [6.45, 7) is 0. The molecule has 0 radical (unpaired) electrons. The number of ether oxygens (including phenoxy) is 1. The fourth-order valence-corrected chi connectivity index (χ4v) is 4.85. The SMILES string of the molecule is COC(=O)c1c(-c2ccccc2Cl)csc1NC(=O)CSc1nncn1C1CC1. The van der Waals surface area contributed by atoms with Crippen LogP contribution in [0.3, 0.4) is 0 Å². The lowest BCUT2D eigenvalue weighted by atomic mass is 10.0. The molecule has 10 heteroatoms. The molecule has 2 heterocycles. The van der Waals surface area contributed by atoms with Gasteiger partial charge in [0.05, 0.1) is 12.9 Å². The fraction of sp³-hybridized carbons (Fsp3) is 0.263. The minimum Gasteiger partial charge on any atom is -0.465 e. The molecule has 0 unspecified atom stereocenters. The first kappa shape index (κ1) is 19.9. The van der Waals surface area contributed by atoms with E-state index in [-0.39, 0.29) is 11.7 Å². The van der Waals surface area contributed by atoms with E-state index in [9.17, 15) is 9.59 Å². The summed E-state index contributed by atoms with van der Waals surface area (Å²) >= 11 is 8.87. The number of methoxy groups -OCH3 is 1. The molecular weight excluding hydrogens is 432 g/mol. The maximum absolute atomic E-state index is 12.5. The van der Waals surface area contributed by atoms with Crippen LogP contribution in [0, 0.1) is 0 Å². The van der Waals surface area contributed by atoms with Gasteiger partial charge in [-0.3, -0.25) is 4.79 Å². The highest BCUT2D eigenvalue weighted by Crippen LogP contribution is 2.39. The molecule has 1 aliphatic carbocycles. The molecule has 0 aliphatic heterocycles. The first-order valence-corrected chi connectivity index (χ1v) is 11.1. The van der Waals surface area contributed by atoms with E-state index in [1.807, 2.05) is 22.8 Å². The van der Waals surface area contributed by atoms with Gasteiger partial charge in [-0.15, -0.1) is 21.5 Å². The molecular formula is C19H17ClN4O3S2. The standard InChI is InChI=1S/C19H17ClN4O3S2/c1-27-18(26)16-13(12-4-2-3-5-14(12)20)8-28-17(16)22-15(25)9-29-19-23-21-10-24(19)11-6-7-11/h2-5,8,10-11H,6-7,9H2,1H3,(H,22,25). The molecule has 0 spiro atoms. The largest absolute Gasteiger partial charge is 0.465 e. The van der Waals surface area contributed by atoms with Gasteiger partial charge in [-0.1, -0.05) is 41.6 Å². The Balaban J connectivity index is 1.52. The second kappa shape index (κ2) is 8.56. The average Bonchev–Trinajstić information content (AvgIpc) is 3.32. The number of carbonyl (C=O) groups excluding carboxylic acids is 2. The summed E-state index contributed by atoms with van der Waals surface area (Å²) in [6, 6.07) is 7.67. The summed E-state index contributed by atoms with van der Waals surface area (Å²) in [5.41, 5.74) is 1.63. The van der Waals surface area contributed by atoms with Crippen molar-refractivity contribution in [1.82, 2.24) is 14.8 Å². The lowest BCUT2D eigenvalue weighted by Crippen LogP contribution is -2.16. The number of halogens is 1. The minimum absolute atomic E-state index is 0.158. The van der Waals surface area contributed by atoms with Crippen LogP contribution in [0.2, 0.25) is 5.02 Å². The van der Waals surface area contributed by atoms with Crippen LogP contribution < -0.4 is 5.32 Å². The highest BCUT2D eigenvalue weighted by Gasteiger charge is 2.27. The third-order valence-corrected chi connectivity index (χ3v) is 6.59. The number of anilines is 1. The highest BCUT2D eigenvalue weighted by atomic mass is 35.5. The summed E-state index contributed by atoms with van der Waals surface area (Å²) in [5, 5.41) is 14.3. The van der Waals surface area contributed by atoms with Crippen LogP contribution in [-0.4, -0.2) is 39.5 Å². The Hall–Kier alpha value is -2.36. The molecule has 0 saturated heterocycles. The zero-order valence-corrected chi connectivity index (χ0v) is 17.8. The van der Waals surface area contributed by atoms with Gasteiger partial charge in [0.2, 0.25) is 5.91 Å². The second-order valence-electron chi connectivity index (χ2n) is 6.41. The zero-order chi connectivity index (χ0) is 20.4. The van der Waals surface area contributed by atoms with Gasteiger partial charge < -0.3 is 14.6 Å². The normalized spacial score (nSPS) is 13.3. The molecule has 1 fully saturated rings. The monoisotopic (exact) mass is 448 g/mol. The maximum atomic E-state index is 12.5. The molecule has 4 rings (SSSR count). The van der Waals surface area contributed by atoms with Crippen molar-refractivity contribution >= 4 is 51.6 Å². The van der Waals surface area contributed by atoms with E-state index >= 15 is 0 Å². The van der Waals surface area contributed by atoms with Crippen LogP contribution in [0.15, 0.2) is 41.1 Å². The molecule has 3 aromatic rings. The average molecular weight is 449 g/mol. The third kappa shape index (κ3) is 4.31. The van der Waals surface area contributed by atoms with Gasteiger partial charge in [0.25, 0.3) is 0 Å². The summed E-state index contributed by atoms with van der Waals surface area (Å²) < 4.78 is 6.93. The molecule has 1 amide bonds. The Kier molecular flexibility index (Phi) is 5.89. The van der Waals surface area contributed by atoms with Crippen LogP contribution in [0.25, 0.3) is 11.1 Å². The van der Waals surface area contributed by atoms with Crippen LogP contribution in [0.5, 0.6) is 0 Å². The molecule has 1 saturated carbocycles. The van der Waals surface area contributed by atoms with Crippen LogP contribution >= 0.6 is 34.7 Å². The topological polar surface area (TPSA) is 86.1 Å². The molecule has 1 aromatic carbocycles. The first-order valence-electron chi connectivity index (χ1n) is 8.85. The van der Waals surface area contributed by atoms with E-state index in [2.05, 4.69) is 15.5 Å². The van der Waals surface area contributed by atoms with Crippen molar-refractivity contribution in [2.45, 2.75) is 24.0 Å². The number of thiophene rings is 1. The van der Waals surface area contributed by atoms with Gasteiger partial charge in [-0.05, 0) is 18.9 Å². The van der Waals surface area contributed by atoms with E-state index in [0.717, 1.165) is 18.0 Å². The van der Waals surface area contributed by atoms with E-state index < -0.39 is 5.97 Å². The molecule has 1 aliphatic rings. The van der Waals surface area contributed by atoms with Crippen molar-refractivity contribution in [3.05, 3.63) is 46.6 Å². The van der Waals surface area contributed by atoms with E-state index in [1.54, 1.807) is 17.8 Å². The Morgan fingerprint density at radius 3 is 2.86 bits per heavy atom. The predicted molar refractivity (Wildman–Crippen MR) is 114 cm³/mol. The van der Waals surface area contributed by atoms with Crippen molar-refractivity contribution in [2.24, 2.45) is 0 Å². The Labute approximate surface area is 180 Å². The summed E-state index contributed by atoms with van der Waals surface area (Å²) in [5.74, 6) is -0.610. The number of hydrogen-bond acceptors (Lipinski definition) is 7. The molecule has 1 N–H and O–H groups in total. The quantitative estimate of drug-likeness (QED) is 0.422. The molecule has 29 heavy (non-hydrogen) atoms. The molecule has 150 valence electrons. The van der Waals surface area contributed by atoms with Gasteiger partial charge in [-0.25, -0.2) is 4.79 Å². The number of rotatable bonds is 7.